The van der Waals surface area contributed by atoms with Crippen molar-refractivity contribution >= 4 is 23.9 Å². The summed E-state index contributed by atoms with van der Waals surface area (Å²) in [5.41, 5.74) is 0.0149. The molecule has 0 spiro atoms. The second kappa shape index (κ2) is 4.90. The van der Waals surface area contributed by atoms with Crippen molar-refractivity contribution in [3.05, 3.63) is 29.8 Å². The van der Waals surface area contributed by atoms with Gasteiger partial charge in [-0.25, -0.2) is 0 Å². The van der Waals surface area contributed by atoms with Crippen molar-refractivity contribution in [2.75, 3.05) is 5.32 Å². The Morgan fingerprint density at radius 3 is 2.60 bits per heavy atom. The van der Waals surface area contributed by atoms with Crippen molar-refractivity contribution in [1.82, 2.24) is 0 Å². The molecule has 0 atom stereocenters. The number of rotatable bonds is 4. The van der Waals surface area contributed by atoms with Gasteiger partial charge in [0.15, 0.2) is 0 Å². The third kappa shape index (κ3) is 2.91. The molecule has 15 heavy (non-hydrogen) atoms. The Morgan fingerprint density at radius 1 is 1.33 bits per heavy atom. The predicted molar refractivity (Wildman–Crippen MR) is 50.1 cm³/mol. The van der Waals surface area contributed by atoms with Crippen LogP contribution in [0.4, 0.5) is 5.69 Å². The van der Waals surface area contributed by atoms with E-state index in [4.69, 9.17) is 0 Å². The summed E-state index contributed by atoms with van der Waals surface area (Å²) in [7, 11) is 0. The number of carbonyl (C=O) groups is 3. The Morgan fingerprint density at radius 2 is 2.00 bits per heavy atom. The molecule has 1 N–H and O–H groups in total. The monoisotopic (exact) mass is 206 g/mol. The highest BCUT2D eigenvalue weighted by Crippen LogP contribution is 2.13. The molecule has 1 amide bonds. The molecule has 1 rings (SSSR count). The topological polar surface area (TPSA) is 86.3 Å². The van der Waals surface area contributed by atoms with Crippen LogP contribution in [-0.4, -0.2) is 18.2 Å². The van der Waals surface area contributed by atoms with Crippen LogP contribution in [0.5, 0.6) is 0 Å². The van der Waals surface area contributed by atoms with E-state index in [-0.39, 0.29) is 17.7 Å². The molecular weight excluding hydrogens is 198 g/mol. The Hall–Kier alpha value is -2.17. The summed E-state index contributed by atoms with van der Waals surface area (Å²) in [4.78, 5) is 31.7. The third-order valence-electron chi connectivity index (χ3n) is 1.69. The molecule has 0 aliphatic carbocycles. The number of carboxylic acids is 1. The number of carbonyl (C=O) groups excluding carboxylic acids is 3. The van der Waals surface area contributed by atoms with Crippen molar-refractivity contribution in [3.63, 3.8) is 0 Å². The van der Waals surface area contributed by atoms with E-state index in [1.165, 1.54) is 18.2 Å². The highest BCUT2D eigenvalue weighted by atomic mass is 16.4. The minimum atomic E-state index is -1.38. The van der Waals surface area contributed by atoms with Crippen LogP contribution in [0.15, 0.2) is 24.3 Å². The maximum absolute atomic E-state index is 11.0. The van der Waals surface area contributed by atoms with Crippen molar-refractivity contribution in [2.45, 2.75) is 6.42 Å². The molecule has 0 unspecified atom stereocenters. The standard InChI is InChI=1S/C10H9NO4/c12-6-5-9(13)11-8-4-2-1-3-7(8)10(14)15/h1-4,6H,5H2,(H,11,13)(H,14,15)/p-1. The quantitative estimate of drug-likeness (QED) is 0.535. The lowest BCUT2D eigenvalue weighted by Gasteiger charge is -2.10. The molecule has 1 aromatic rings. The summed E-state index contributed by atoms with van der Waals surface area (Å²) in [5.74, 6) is -1.93. The van der Waals surface area contributed by atoms with Crippen LogP contribution in [0.25, 0.3) is 0 Å². The van der Waals surface area contributed by atoms with E-state index in [1.54, 1.807) is 6.07 Å². The first-order valence-corrected chi connectivity index (χ1v) is 4.19. The van der Waals surface area contributed by atoms with Gasteiger partial charge in [0.05, 0.1) is 12.4 Å². The summed E-state index contributed by atoms with van der Waals surface area (Å²) in [6, 6.07) is 5.82. The zero-order valence-corrected chi connectivity index (χ0v) is 7.73. The average Bonchev–Trinajstić information content (AvgIpc) is 2.18. The van der Waals surface area contributed by atoms with Gasteiger partial charge in [-0.15, -0.1) is 0 Å². The van der Waals surface area contributed by atoms with Crippen LogP contribution in [-0.2, 0) is 9.59 Å². The fourth-order valence-corrected chi connectivity index (χ4v) is 1.05. The van der Waals surface area contributed by atoms with Crippen LogP contribution >= 0.6 is 0 Å². The van der Waals surface area contributed by atoms with Crippen LogP contribution in [0.1, 0.15) is 16.8 Å². The van der Waals surface area contributed by atoms with E-state index in [1.807, 2.05) is 0 Å². The highest BCUT2D eigenvalue weighted by Gasteiger charge is 2.05. The zero-order chi connectivity index (χ0) is 11.3. The number of nitrogens with one attached hydrogen (secondary N) is 1. The number of para-hydroxylation sites is 1. The predicted octanol–water partition coefficient (Wildman–Crippen LogP) is -0.422. The number of carboxylic acid groups (broad SMARTS) is 1. The largest absolute Gasteiger partial charge is 0.545 e. The summed E-state index contributed by atoms with van der Waals surface area (Å²) >= 11 is 0. The summed E-state index contributed by atoms with van der Waals surface area (Å²) < 4.78 is 0. The zero-order valence-electron chi connectivity index (χ0n) is 7.73. The van der Waals surface area contributed by atoms with Gasteiger partial charge < -0.3 is 20.0 Å². The first-order chi connectivity index (χ1) is 7.15. The Labute approximate surface area is 85.7 Å². The van der Waals surface area contributed by atoms with Gasteiger partial charge in [0, 0.05) is 11.3 Å². The summed E-state index contributed by atoms with van der Waals surface area (Å²) in [6.45, 7) is 0. The molecule has 1 aromatic carbocycles. The maximum atomic E-state index is 11.0. The molecular formula is C10H8NO4-. The lowest BCUT2D eigenvalue weighted by Crippen LogP contribution is -2.24. The smallest absolute Gasteiger partial charge is 0.231 e. The molecule has 5 nitrogen and oxygen atoms in total. The SMILES string of the molecule is O=CCC(=O)Nc1ccccc1C(=O)[O-]. The maximum Gasteiger partial charge on any atom is 0.231 e. The van der Waals surface area contributed by atoms with Crippen molar-refractivity contribution in [1.29, 1.82) is 0 Å². The van der Waals surface area contributed by atoms with Crippen molar-refractivity contribution < 1.29 is 19.5 Å². The number of aldehydes is 1. The minimum Gasteiger partial charge on any atom is -0.545 e. The summed E-state index contributed by atoms with van der Waals surface area (Å²) in [6.07, 6.45) is 0.137. The van der Waals surface area contributed by atoms with Gasteiger partial charge in [-0.2, -0.15) is 0 Å². The van der Waals surface area contributed by atoms with Gasteiger partial charge in [-0.1, -0.05) is 18.2 Å². The first kappa shape index (κ1) is 10.9. The van der Waals surface area contributed by atoms with Gasteiger partial charge in [-0.3, -0.25) is 4.79 Å². The van der Waals surface area contributed by atoms with Crippen LogP contribution in [0.3, 0.4) is 0 Å². The molecule has 0 heterocycles. The normalized spacial score (nSPS) is 9.33. The molecule has 0 bridgehead atoms. The Bertz CT molecular complexity index is 400. The lowest BCUT2D eigenvalue weighted by molar-refractivity contribution is -0.254. The van der Waals surface area contributed by atoms with Crippen LogP contribution in [0, 0.1) is 0 Å². The van der Waals surface area contributed by atoms with E-state index >= 15 is 0 Å². The average molecular weight is 206 g/mol. The van der Waals surface area contributed by atoms with Gasteiger partial charge >= 0.3 is 0 Å². The second-order valence-corrected chi connectivity index (χ2v) is 2.75. The molecule has 0 aromatic heterocycles. The minimum absolute atomic E-state index is 0.114. The number of hydrogen-bond acceptors (Lipinski definition) is 4. The molecule has 5 heteroatoms. The molecule has 0 radical (unpaired) electrons. The molecule has 0 aliphatic rings. The molecule has 78 valence electrons. The molecule has 0 fully saturated rings. The van der Waals surface area contributed by atoms with Gasteiger partial charge in [0.2, 0.25) is 5.91 Å². The Kier molecular flexibility index (Phi) is 3.56. The van der Waals surface area contributed by atoms with E-state index in [0.717, 1.165) is 0 Å². The fraction of sp³-hybridized carbons (Fsp3) is 0.100. The van der Waals surface area contributed by atoms with Gasteiger partial charge in [-0.05, 0) is 6.07 Å². The van der Waals surface area contributed by atoms with E-state index in [9.17, 15) is 19.5 Å². The van der Waals surface area contributed by atoms with E-state index < -0.39 is 11.9 Å². The van der Waals surface area contributed by atoms with Crippen LogP contribution in [0.2, 0.25) is 0 Å². The van der Waals surface area contributed by atoms with E-state index in [0.29, 0.717) is 6.29 Å². The number of benzene rings is 1. The molecule has 0 aliphatic heterocycles. The first-order valence-electron chi connectivity index (χ1n) is 4.19. The van der Waals surface area contributed by atoms with Crippen LogP contribution < -0.4 is 10.4 Å². The number of amides is 1. The number of aromatic carboxylic acids is 1. The number of anilines is 1. The summed E-state index contributed by atoms with van der Waals surface area (Å²) in [5, 5.41) is 12.9. The number of hydrogen-bond donors (Lipinski definition) is 1. The van der Waals surface area contributed by atoms with Gasteiger partial charge in [0.25, 0.3) is 0 Å². The van der Waals surface area contributed by atoms with Crippen molar-refractivity contribution in [2.24, 2.45) is 0 Å². The van der Waals surface area contributed by atoms with Gasteiger partial charge in [0.1, 0.15) is 6.29 Å². The fourth-order valence-electron chi connectivity index (χ4n) is 1.05. The molecule has 0 saturated carbocycles. The third-order valence-corrected chi connectivity index (χ3v) is 1.69. The van der Waals surface area contributed by atoms with Crippen molar-refractivity contribution in [3.8, 4) is 0 Å². The van der Waals surface area contributed by atoms with E-state index in [2.05, 4.69) is 5.32 Å². The Balaban J connectivity index is 2.89. The second-order valence-electron chi connectivity index (χ2n) is 2.75. The highest BCUT2D eigenvalue weighted by molar-refractivity contribution is 6.02. The molecule has 0 saturated heterocycles. The lowest BCUT2D eigenvalue weighted by atomic mass is 10.2.